The molecule has 0 aromatic rings. The molecule has 0 heterocycles. The summed E-state index contributed by atoms with van der Waals surface area (Å²) in [6, 6.07) is 0. The van der Waals surface area contributed by atoms with E-state index in [0.717, 1.165) is 19.3 Å². The van der Waals surface area contributed by atoms with Gasteiger partial charge in [0.1, 0.15) is 5.78 Å². The minimum atomic E-state index is -0.128. The molecule has 3 heteroatoms. The SMILES string of the molecule is C/C=C(\C)[C@H]1[C@H](C)CC(=O)[C@@H]1C/C=C\CCCC(=O)OC(C)C. The fourth-order valence-electron chi connectivity index (χ4n) is 3.48. The number of hydrogen-bond acceptors (Lipinski definition) is 3. The summed E-state index contributed by atoms with van der Waals surface area (Å²) in [7, 11) is 0. The van der Waals surface area contributed by atoms with Gasteiger partial charge in [-0.1, -0.05) is 30.7 Å². The number of ketones is 1. The van der Waals surface area contributed by atoms with Crippen molar-refractivity contribution in [3.05, 3.63) is 23.8 Å². The molecule has 0 saturated heterocycles. The lowest BCUT2D eigenvalue weighted by Crippen LogP contribution is -2.17. The first-order valence-electron chi connectivity index (χ1n) is 8.86. The molecule has 1 aliphatic carbocycles. The van der Waals surface area contributed by atoms with Gasteiger partial charge in [-0.3, -0.25) is 9.59 Å². The van der Waals surface area contributed by atoms with Crippen LogP contribution in [0.25, 0.3) is 0 Å². The first kappa shape index (κ1) is 19.7. The van der Waals surface area contributed by atoms with Crippen molar-refractivity contribution in [3.63, 3.8) is 0 Å². The van der Waals surface area contributed by atoms with E-state index < -0.39 is 0 Å². The summed E-state index contributed by atoms with van der Waals surface area (Å²) in [5, 5.41) is 0. The Morgan fingerprint density at radius 1 is 1.35 bits per heavy atom. The molecule has 1 fully saturated rings. The molecular formula is C20H32O3. The fraction of sp³-hybridized carbons (Fsp3) is 0.700. The van der Waals surface area contributed by atoms with Crippen LogP contribution in [-0.4, -0.2) is 17.9 Å². The number of rotatable bonds is 8. The molecule has 1 rings (SSSR count). The number of ether oxygens (including phenoxy) is 1. The third kappa shape index (κ3) is 6.32. The van der Waals surface area contributed by atoms with E-state index in [2.05, 4.69) is 32.1 Å². The van der Waals surface area contributed by atoms with Gasteiger partial charge in [-0.15, -0.1) is 0 Å². The van der Waals surface area contributed by atoms with Crippen molar-refractivity contribution in [2.75, 3.05) is 0 Å². The summed E-state index contributed by atoms with van der Waals surface area (Å²) in [6.45, 7) is 10.1. The van der Waals surface area contributed by atoms with E-state index in [1.807, 2.05) is 20.8 Å². The topological polar surface area (TPSA) is 43.4 Å². The quantitative estimate of drug-likeness (QED) is 0.364. The van der Waals surface area contributed by atoms with Gasteiger partial charge >= 0.3 is 5.97 Å². The molecule has 0 spiro atoms. The zero-order chi connectivity index (χ0) is 17.4. The first-order valence-corrected chi connectivity index (χ1v) is 8.86. The Bertz CT molecular complexity index is 460. The molecule has 0 aromatic heterocycles. The summed E-state index contributed by atoms with van der Waals surface area (Å²) in [5.41, 5.74) is 1.33. The smallest absolute Gasteiger partial charge is 0.306 e. The number of esters is 1. The van der Waals surface area contributed by atoms with Gasteiger partial charge in [0.05, 0.1) is 6.10 Å². The Balaban J connectivity index is 2.38. The molecule has 0 N–H and O–H groups in total. The standard InChI is InChI=1S/C20H32O3/c1-6-15(4)20-16(5)13-18(21)17(20)11-9-7-8-10-12-19(22)23-14(2)3/h6-7,9,14,16-17,20H,8,10-13H2,1-5H3/b9-7-,15-6+/t16-,17+,20+/m1/s1. The maximum Gasteiger partial charge on any atom is 0.306 e. The van der Waals surface area contributed by atoms with Gasteiger partial charge in [0.2, 0.25) is 0 Å². The molecule has 1 aliphatic rings. The van der Waals surface area contributed by atoms with Crippen molar-refractivity contribution in [2.24, 2.45) is 17.8 Å². The minimum Gasteiger partial charge on any atom is -0.463 e. The lowest BCUT2D eigenvalue weighted by molar-refractivity contribution is -0.147. The van der Waals surface area contributed by atoms with E-state index in [-0.39, 0.29) is 18.0 Å². The van der Waals surface area contributed by atoms with E-state index in [4.69, 9.17) is 4.74 Å². The van der Waals surface area contributed by atoms with Crippen LogP contribution in [0.4, 0.5) is 0 Å². The molecule has 0 radical (unpaired) electrons. The van der Waals surface area contributed by atoms with Crippen LogP contribution in [0.5, 0.6) is 0 Å². The van der Waals surface area contributed by atoms with Crippen LogP contribution in [-0.2, 0) is 14.3 Å². The Kier molecular flexibility index (Phi) is 8.29. The molecule has 0 aromatic carbocycles. The Hall–Kier alpha value is -1.38. The molecular weight excluding hydrogens is 288 g/mol. The molecule has 3 nitrogen and oxygen atoms in total. The van der Waals surface area contributed by atoms with Crippen LogP contribution in [0.15, 0.2) is 23.8 Å². The molecule has 0 bridgehead atoms. The van der Waals surface area contributed by atoms with Crippen LogP contribution in [0.1, 0.15) is 66.7 Å². The maximum atomic E-state index is 12.2. The molecule has 0 aliphatic heterocycles. The highest BCUT2D eigenvalue weighted by Crippen LogP contribution is 2.40. The Morgan fingerprint density at radius 2 is 2.04 bits per heavy atom. The van der Waals surface area contributed by atoms with Gasteiger partial charge in [0, 0.05) is 18.8 Å². The third-order valence-corrected chi connectivity index (χ3v) is 4.64. The molecule has 1 saturated carbocycles. The predicted molar refractivity (Wildman–Crippen MR) is 94.0 cm³/mol. The normalized spacial score (nSPS) is 25.6. The van der Waals surface area contributed by atoms with Gasteiger partial charge in [-0.05, 0) is 58.8 Å². The number of carbonyl (C=O) groups excluding carboxylic acids is 2. The predicted octanol–water partition coefficient (Wildman–Crippen LogP) is 4.86. The second kappa shape index (κ2) is 9.69. The van der Waals surface area contributed by atoms with Crippen LogP contribution in [0, 0.1) is 17.8 Å². The zero-order valence-corrected chi connectivity index (χ0v) is 15.3. The molecule has 23 heavy (non-hydrogen) atoms. The van der Waals surface area contributed by atoms with E-state index in [0.29, 0.717) is 30.5 Å². The average Bonchev–Trinajstić information content (AvgIpc) is 2.75. The zero-order valence-electron chi connectivity index (χ0n) is 15.3. The monoisotopic (exact) mass is 320 g/mol. The van der Waals surface area contributed by atoms with E-state index in [1.165, 1.54) is 5.57 Å². The molecule has 0 amide bonds. The number of allylic oxidation sites excluding steroid dienone is 4. The van der Waals surface area contributed by atoms with Crippen molar-refractivity contribution in [1.29, 1.82) is 0 Å². The van der Waals surface area contributed by atoms with Crippen molar-refractivity contribution in [3.8, 4) is 0 Å². The largest absolute Gasteiger partial charge is 0.463 e. The van der Waals surface area contributed by atoms with Gasteiger partial charge < -0.3 is 4.74 Å². The average molecular weight is 320 g/mol. The van der Waals surface area contributed by atoms with Crippen LogP contribution in [0.3, 0.4) is 0 Å². The van der Waals surface area contributed by atoms with Crippen LogP contribution in [0.2, 0.25) is 0 Å². The van der Waals surface area contributed by atoms with Crippen molar-refractivity contribution in [2.45, 2.75) is 72.8 Å². The number of unbranched alkanes of at least 4 members (excludes halogenated alkanes) is 1. The van der Waals surface area contributed by atoms with Crippen LogP contribution < -0.4 is 0 Å². The van der Waals surface area contributed by atoms with Crippen molar-refractivity contribution < 1.29 is 14.3 Å². The van der Waals surface area contributed by atoms with Crippen LogP contribution >= 0.6 is 0 Å². The Labute approximate surface area is 141 Å². The first-order chi connectivity index (χ1) is 10.9. The Morgan fingerprint density at radius 3 is 2.65 bits per heavy atom. The second-order valence-electron chi connectivity index (χ2n) is 6.95. The van der Waals surface area contributed by atoms with Gasteiger partial charge in [-0.25, -0.2) is 0 Å². The highest BCUT2D eigenvalue weighted by atomic mass is 16.5. The summed E-state index contributed by atoms with van der Waals surface area (Å²) < 4.78 is 5.10. The van der Waals surface area contributed by atoms with Gasteiger partial charge in [0.25, 0.3) is 0 Å². The summed E-state index contributed by atoms with van der Waals surface area (Å²) in [5.74, 6) is 1.23. The van der Waals surface area contributed by atoms with E-state index in [9.17, 15) is 9.59 Å². The molecule has 0 unspecified atom stereocenters. The number of hydrogen-bond donors (Lipinski definition) is 0. The van der Waals surface area contributed by atoms with E-state index >= 15 is 0 Å². The van der Waals surface area contributed by atoms with Crippen molar-refractivity contribution in [1.82, 2.24) is 0 Å². The van der Waals surface area contributed by atoms with Gasteiger partial charge in [0.15, 0.2) is 0 Å². The molecule has 130 valence electrons. The highest BCUT2D eigenvalue weighted by molar-refractivity contribution is 5.84. The fourth-order valence-corrected chi connectivity index (χ4v) is 3.48. The lowest BCUT2D eigenvalue weighted by Gasteiger charge is -2.21. The van der Waals surface area contributed by atoms with Gasteiger partial charge in [-0.2, -0.15) is 0 Å². The number of carbonyl (C=O) groups is 2. The van der Waals surface area contributed by atoms with E-state index in [1.54, 1.807) is 0 Å². The summed E-state index contributed by atoms with van der Waals surface area (Å²) in [4.78, 5) is 23.6. The lowest BCUT2D eigenvalue weighted by atomic mass is 9.82. The highest BCUT2D eigenvalue weighted by Gasteiger charge is 2.39. The molecule has 3 atom stereocenters. The minimum absolute atomic E-state index is 0.0415. The third-order valence-electron chi connectivity index (χ3n) is 4.64. The summed E-state index contributed by atoms with van der Waals surface area (Å²) >= 11 is 0. The second-order valence-corrected chi connectivity index (χ2v) is 6.95. The maximum absolute atomic E-state index is 12.2. The van der Waals surface area contributed by atoms with Crippen molar-refractivity contribution >= 4 is 11.8 Å². The summed E-state index contributed by atoms with van der Waals surface area (Å²) in [6.07, 6.45) is 9.95. The number of Topliss-reactive ketones (excluding diaryl/α,β-unsaturated/α-hetero) is 1.